The van der Waals surface area contributed by atoms with Crippen LogP contribution in [0.5, 0.6) is 0 Å². The largest absolute Gasteiger partial charge is 0.480 e. The molecule has 11 nitrogen and oxygen atoms in total. The van der Waals surface area contributed by atoms with Gasteiger partial charge in [-0.05, 0) is 86.5 Å². The second-order valence-electron chi connectivity index (χ2n) is 11.9. The van der Waals surface area contributed by atoms with E-state index >= 15 is 8.78 Å². The maximum atomic E-state index is 15.4. The molecule has 0 spiro atoms. The van der Waals surface area contributed by atoms with Gasteiger partial charge in [0.05, 0.1) is 22.8 Å². The highest BCUT2D eigenvalue weighted by Gasteiger charge is 2.25. The van der Waals surface area contributed by atoms with Gasteiger partial charge in [0, 0.05) is 23.2 Å². The van der Waals surface area contributed by atoms with Crippen LogP contribution >= 0.6 is 0 Å². The first-order valence-corrected chi connectivity index (χ1v) is 14.9. The van der Waals surface area contributed by atoms with Crippen molar-refractivity contribution in [2.45, 2.75) is 38.8 Å². The Balaban J connectivity index is 1.26. The molecule has 0 aliphatic rings. The summed E-state index contributed by atoms with van der Waals surface area (Å²) in [5, 5.41) is 27.6. The molecule has 0 fully saturated rings. The maximum Gasteiger partial charge on any atom is 0.412 e. The average molecular weight is 666 g/mol. The third-order valence-electron chi connectivity index (χ3n) is 7.09. The summed E-state index contributed by atoms with van der Waals surface area (Å²) in [6.45, 7) is 5.24. The average Bonchev–Trinajstić information content (AvgIpc) is 3.54. The number of hydrogen-bond donors (Lipinski definition) is 3. The van der Waals surface area contributed by atoms with Crippen LogP contribution in [0.15, 0.2) is 89.5 Å². The molecule has 4 aromatic carbocycles. The van der Waals surface area contributed by atoms with Crippen molar-refractivity contribution in [2.75, 3.05) is 5.32 Å². The molecule has 0 radical (unpaired) electrons. The van der Waals surface area contributed by atoms with Crippen LogP contribution < -0.4 is 10.6 Å². The number of carboxylic acid groups (broad SMARTS) is 1. The van der Waals surface area contributed by atoms with E-state index < -0.39 is 41.2 Å². The van der Waals surface area contributed by atoms with E-state index in [1.54, 1.807) is 45.0 Å². The number of carbonyl (C=O) groups is 3. The Hall–Kier alpha value is -6.42. The number of benzene rings is 4. The summed E-state index contributed by atoms with van der Waals surface area (Å²) in [7, 11) is 0. The van der Waals surface area contributed by atoms with Crippen molar-refractivity contribution in [1.82, 2.24) is 15.5 Å². The molecule has 49 heavy (non-hydrogen) atoms. The molecule has 248 valence electrons. The van der Waals surface area contributed by atoms with Gasteiger partial charge in [0.25, 0.3) is 11.8 Å². The highest BCUT2D eigenvalue weighted by molar-refractivity contribution is 5.98. The number of amides is 2. The van der Waals surface area contributed by atoms with Gasteiger partial charge in [0.15, 0.2) is 0 Å². The molecule has 3 N–H and O–H groups in total. The molecule has 1 aromatic heterocycles. The van der Waals surface area contributed by atoms with Crippen molar-refractivity contribution < 1.29 is 37.5 Å². The molecule has 5 aromatic rings. The third-order valence-corrected chi connectivity index (χ3v) is 7.09. The van der Waals surface area contributed by atoms with E-state index in [1.807, 2.05) is 6.07 Å². The Morgan fingerprint density at radius 3 is 2.29 bits per heavy atom. The number of anilines is 1. The van der Waals surface area contributed by atoms with Crippen LogP contribution in [0.25, 0.3) is 34.0 Å². The lowest BCUT2D eigenvalue weighted by atomic mass is 10.00. The van der Waals surface area contributed by atoms with Gasteiger partial charge in [-0.3, -0.25) is 10.1 Å². The number of nitrogens with one attached hydrogen (secondary N) is 2. The lowest BCUT2D eigenvalue weighted by Crippen LogP contribution is -2.42. The lowest BCUT2D eigenvalue weighted by molar-refractivity contribution is -0.139. The number of ether oxygens (including phenoxy) is 1. The summed E-state index contributed by atoms with van der Waals surface area (Å²) in [5.41, 5.74) is 1.06. The van der Waals surface area contributed by atoms with Crippen LogP contribution in [0.1, 0.15) is 42.3 Å². The van der Waals surface area contributed by atoms with Crippen LogP contribution in [0.4, 0.5) is 19.3 Å². The summed E-state index contributed by atoms with van der Waals surface area (Å²) in [5.74, 6) is -3.97. The van der Waals surface area contributed by atoms with Crippen molar-refractivity contribution >= 4 is 23.7 Å². The lowest BCUT2D eigenvalue weighted by Gasteiger charge is -2.19. The zero-order valence-corrected chi connectivity index (χ0v) is 26.5. The molecular weight excluding hydrogens is 636 g/mol. The fraction of sp³-hybridized carbons (Fsp3) is 0.167. The molecule has 1 atom stereocenters. The minimum Gasteiger partial charge on any atom is -0.480 e. The number of carbonyl (C=O) groups excluding carboxylic acids is 2. The van der Waals surface area contributed by atoms with Gasteiger partial charge in [-0.1, -0.05) is 35.5 Å². The normalized spacial score (nSPS) is 11.7. The molecule has 1 unspecified atom stereocenters. The summed E-state index contributed by atoms with van der Waals surface area (Å²) in [4.78, 5) is 41.3. The summed E-state index contributed by atoms with van der Waals surface area (Å²) < 4.78 is 41.2. The van der Waals surface area contributed by atoms with E-state index in [2.05, 4.69) is 20.8 Å². The van der Waals surface area contributed by atoms with Crippen LogP contribution in [-0.2, 0) is 16.0 Å². The van der Waals surface area contributed by atoms with Gasteiger partial charge in [-0.2, -0.15) is 10.2 Å². The Bertz CT molecular complexity index is 2070. The maximum absolute atomic E-state index is 15.4. The summed E-state index contributed by atoms with van der Waals surface area (Å²) >= 11 is 0. The zero-order chi connectivity index (χ0) is 35.3. The first-order valence-electron chi connectivity index (χ1n) is 14.9. The fourth-order valence-corrected chi connectivity index (χ4v) is 4.76. The van der Waals surface area contributed by atoms with Crippen LogP contribution in [0.3, 0.4) is 0 Å². The first kappa shape index (κ1) is 33.9. The second-order valence-corrected chi connectivity index (χ2v) is 11.9. The molecule has 13 heteroatoms. The van der Waals surface area contributed by atoms with Gasteiger partial charge in [0.2, 0.25) is 5.82 Å². The predicted molar refractivity (Wildman–Crippen MR) is 174 cm³/mol. The number of nitrogens with zero attached hydrogens (tertiary/aromatic N) is 3. The molecule has 5 rings (SSSR count). The SMILES string of the molecule is CC(C)(C)OC(=O)Nc1ccc(-c2nc(-c3ccc(CC(NC(=O)c4cccc(-c5ccc(C#N)cc5)c4F)C(=O)O)cc3F)no2)cc1. The van der Waals surface area contributed by atoms with Crippen LogP contribution in [0.2, 0.25) is 0 Å². The van der Waals surface area contributed by atoms with Crippen LogP contribution in [-0.4, -0.2) is 44.9 Å². The number of halogens is 2. The van der Waals surface area contributed by atoms with Gasteiger partial charge >= 0.3 is 12.1 Å². The summed E-state index contributed by atoms with van der Waals surface area (Å²) in [6, 6.07) is 21.1. The standard InChI is InChI=1S/C36H29F2N5O6/c1-36(2,3)48-35(47)40-24-14-12-23(13-15-24)33-42-31(43-49-33)26-16-9-21(17-28(26)37)18-29(34(45)46)41-32(44)27-6-4-5-25(30(27)38)22-10-7-20(19-39)8-11-22/h4-17,29H,18H2,1-3H3,(H,40,47)(H,41,44)(H,45,46). The first-order chi connectivity index (χ1) is 23.3. The van der Waals surface area contributed by atoms with Gasteiger partial charge in [-0.25, -0.2) is 18.4 Å². The topological polar surface area (TPSA) is 167 Å². The van der Waals surface area contributed by atoms with Crippen molar-refractivity contribution in [3.63, 3.8) is 0 Å². The van der Waals surface area contributed by atoms with E-state index in [1.165, 1.54) is 54.6 Å². The Morgan fingerprint density at radius 2 is 1.65 bits per heavy atom. The van der Waals surface area contributed by atoms with Crippen molar-refractivity contribution in [3.05, 3.63) is 113 Å². The minimum atomic E-state index is -1.51. The number of hydrogen-bond acceptors (Lipinski definition) is 8. The number of carboxylic acids is 1. The molecule has 0 saturated carbocycles. The number of nitriles is 1. The smallest absolute Gasteiger partial charge is 0.412 e. The quantitative estimate of drug-likeness (QED) is 0.150. The highest BCUT2D eigenvalue weighted by Crippen LogP contribution is 2.28. The Kier molecular flexibility index (Phi) is 9.79. The fourth-order valence-electron chi connectivity index (χ4n) is 4.76. The molecular formula is C36H29F2N5O6. The second kappa shape index (κ2) is 14.1. The van der Waals surface area contributed by atoms with Gasteiger partial charge in [0.1, 0.15) is 23.3 Å². The Morgan fingerprint density at radius 1 is 0.959 bits per heavy atom. The summed E-state index contributed by atoms with van der Waals surface area (Å²) in [6.07, 6.45) is -0.924. The molecule has 1 heterocycles. The molecule has 0 aliphatic heterocycles. The van der Waals surface area contributed by atoms with Gasteiger partial charge in [-0.15, -0.1) is 0 Å². The third kappa shape index (κ3) is 8.30. The van der Waals surface area contributed by atoms with Crippen molar-refractivity contribution in [3.8, 4) is 40.0 Å². The Labute approximate surface area is 279 Å². The number of aromatic nitrogens is 2. The zero-order valence-electron chi connectivity index (χ0n) is 26.5. The molecule has 0 bridgehead atoms. The van der Waals surface area contributed by atoms with E-state index in [9.17, 15) is 19.5 Å². The number of aliphatic carboxylic acids is 1. The van der Waals surface area contributed by atoms with E-state index in [-0.39, 0.29) is 40.4 Å². The van der Waals surface area contributed by atoms with Crippen LogP contribution in [0, 0.1) is 23.0 Å². The minimum absolute atomic E-state index is 0.0143. The van der Waals surface area contributed by atoms with Gasteiger partial charge < -0.3 is 19.7 Å². The van der Waals surface area contributed by atoms with E-state index in [0.717, 1.165) is 6.07 Å². The highest BCUT2D eigenvalue weighted by atomic mass is 19.1. The van der Waals surface area contributed by atoms with E-state index in [0.29, 0.717) is 22.4 Å². The monoisotopic (exact) mass is 665 g/mol. The van der Waals surface area contributed by atoms with Crippen molar-refractivity contribution in [1.29, 1.82) is 5.26 Å². The molecule has 2 amide bonds. The molecule has 0 aliphatic carbocycles. The number of rotatable bonds is 9. The predicted octanol–water partition coefficient (Wildman–Crippen LogP) is 6.99. The van der Waals surface area contributed by atoms with Crippen molar-refractivity contribution in [2.24, 2.45) is 0 Å². The molecule has 0 saturated heterocycles. The van der Waals surface area contributed by atoms with E-state index in [4.69, 9.17) is 14.5 Å².